The molecule has 0 atom stereocenters. The van der Waals surface area contributed by atoms with Crippen molar-refractivity contribution in [3.05, 3.63) is 29.8 Å². The lowest BCUT2D eigenvalue weighted by Crippen LogP contribution is -2.05. The molecule has 3 nitrogen and oxygen atoms in total. The van der Waals surface area contributed by atoms with Crippen molar-refractivity contribution < 1.29 is 14.6 Å². The highest BCUT2D eigenvalue weighted by molar-refractivity contribution is 5.62. The Morgan fingerprint density at radius 2 is 2.00 bits per heavy atom. The van der Waals surface area contributed by atoms with Crippen LogP contribution in [0.3, 0.4) is 0 Å². The van der Waals surface area contributed by atoms with Crippen molar-refractivity contribution in [3.63, 3.8) is 0 Å². The van der Waals surface area contributed by atoms with E-state index in [1.807, 2.05) is 12.1 Å². The van der Waals surface area contributed by atoms with Crippen LogP contribution in [0.25, 0.3) is 0 Å². The number of hydrogen-bond donors (Lipinski definition) is 1. The monoisotopic (exact) mass is 222 g/mol. The highest BCUT2D eigenvalue weighted by Gasteiger charge is 2.06. The van der Waals surface area contributed by atoms with Crippen molar-refractivity contribution in [2.45, 2.75) is 39.0 Å². The van der Waals surface area contributed by atoms with E-state index in [1.165, 1.54) is 19.3 Å². The van der Waals surface area contributed by atoms with E-state index >= 15 is 0 Å². The van der Waals surface area contributed by atoms with Crippen LogP contribution in [0.5, 0.6) is 5.75 Å². The zero-order valence-corrected chi connectivity index (χ0v) is 9.61. The van der Waals surface area contributed by atoms with Crippen LogP contribution in [-0.4, -0.2) is 11.3 Å². The van der Waals surface area contributed by atoms with E-state index in [1.54, 1.807) is 12.1 Å². The van der Waals surface area contributed by atoms with Gasteiger partial charge in [0.05, 0.1) is 0 Å². The Kier molecular flexibility index (Phi) is 5.40. The molecule has 3 heteroatoms. The van der Waals surface area contributed by atoms with E-state index in [2.05, 4.69) is 6.92 Å². The summed E-state index contributed by atoms with van der Waals surface area (Å²) in [4.78, 5) is 10.5. The quantitative estimate of drug-likeness (QED) is 0.451. The Hall–Kier alpha value is -1.51. The number of benzene rings is 1. The molecule has 88 valence electrons. The summed E-state index contributed by atoms with van der Waals surface area (Å²) in [6.45, 7) is 2.17. The number of ether oxygens (including phenoxy) is 1. The molecule has 0 radical (unpaired) electrons. The van der Waals surface area contributed by atoms with Crippen molar-refractivity contribution in [1.82, 2.24) is 0 Å². The van der Waals surface area contributed by atoms with Crippen LogP contribution in [-0.2, 0) is 6.42 Å². The number of carboxylic acid groups (broad SMARTS) is 1. The van der Waals surface area contributed by atoms with Crippen molar-refractivity contribution in [3.8, 4) is 5.75 Å². The van der Waals surface area contributed by atoms with Gasteiger partial charge >= 0.3 is 6.16 Å². The molecule has 16 heavy (non-hydrogen) atoms. The van der Waals surface area contributed by atoms with Crippen LogP contribution >= 0.6 is 0 Å². The molecule has 0 aliphatic carbocycles. The van der Waals surface area contributed by atoms with Crippen molar-refractivity contribution >= 4 is 6.16 Å². The van der Waals surface area contributed by atoms with Gasteiger partial charge in [0, 0.05) is 0 Å². The van der Waals surface area contributed by atoms with Gasteiger partial charge in [0.25, 0.3) is 0 Å². The van der Waals surface area contributed by atoms with Gasteiger partial charge in [0.1, 0.15) is 5.75 Å². The maximum atomic E-state index is 10.5. The molecule has 0 aliphatic rings. The van der Waals surface area contributed by atoms with Gasteiger partial charge < -0.3 is 9.84 Å². The molecule has 0 saturated heterocycles. The van der Waals surface area contributed by atoms with E-state index in [-0.39, 0.29) is 0 Å². The molecule has 1 aromatic carbocycles. The molecule has 1 rings (SSSR count). The molecule has 0 unspecified atom stereocenters. The second-order valence-electron chi connectivity index (χ2n) is 3.79. The van der Waals surface area contributed by atoms with E-state index in [9.17, 15) is 4.79 Å². The fourth-order valence-electron chi connectivity index (χ4n) is 1.65. The van der Waals surface area contributed by atoms with Gasteiger partial charge in [0.15, 0.2) is 0 Å². The molecule has 1 N–H and O–H groups in total. The third kappa shape index (κ3) is 4.34. The lowest BCUT2D eigenvalue weighted by molar-refractivity contribution is 0.144. The standard InChI is InChI=1S/C13H18O3/c1-2-3-4-5-8-11-9-6-7-10-12(11)16-13(14)15/h6-7,9-10H,2-5,8H2,1H3,(H,14,15). The summed E-state index contributed by atoms with van der Waals surface area (Å²) in [6.07, 6.45) is 4.31. The number of unbranched alkanes of at least 4 members (excludes halogenated alkanes) is 3. The smallest absolute Gasteiger partial charge is 0.449 e. The minimum absolute atomic E-state index is 0.464. The summed E-state index contributed by atoms with van der Waals surface area (Å²) in [5.41, 5.74) is 0.973. The average Bonchev–Trinajstić information content (AvgIpc) is 2.26. The van der Waals surface area contributed by atoms with Crippen LogP contribution < -0.4 is 4.74 Å². The molecule has 0 aliphatic heterocycles. The topological polar surface area (TPSA) is 46.5 Å². The molecule has 0 aromatic heterocycles. The first-order valence-corrected chi connectivity index (χ1v) is 5.72. The van der Waals surface area contributed by atoms with Gasteiger partial charge in [-0.15, -0.1) is 0 Å². The SMILES string of the molecule is CCCCCCc1ccccc1OC(=O)O. The number of carbonyl (C=O) groups is 1. The van der Waals surface area contributed by atoms with Gasteiger partial charge in [0.2, 0.25) is 0 Å². The predicted molar refractivity (Wildman–Crippen MR) is 62.9 cm³/mol. The van der Waals surface area contributed by atoms with Crippen molar-refractivity contribution in [2.24, 2.45) is 0 Å². The van der Waals surface area contributed by atoms with Gasteiger partial charge in [-0.3, -0.25) is 0 Å². The van der Waals surface area contributed by atoms with Crippen molar-refractivity contribution in [2.75, 3.05) is 0 Å². The van der Waals surface area contributed by atoms with Crippen LogP contribution in [0.15, 0.2) is 24.3 Å². The number of rotatable bonds is 6. The van der Waals surface area contributed by atoms with E-state index in [4.69, 9.17) is 9.84 Å². The van der Waals surface area contributed by atoms with Crippen molar-refractivity contribution in [1.29, 1.82) is 0 Å². The molecular weight excluding hydrogens is 204 g/mol. The molecule has 0 amide bonds. The van der Waals surface area contributed by atoms with Gasteiger partial charge in [-0.25, -0.2) is 4.79 Å². The molecule has 0 bridgehead atoms. The molecule has 1 aromatic rings. The van der Waals surface area contributed by atoms with Crippen LogP contribution in [0.1, 0.15) is 38.2 Å². The third-order valence-corrected chi connectivity index (χ3v) is 2.47. The second kappa shape index (κ2) is 6.88. The molecular formula is C13H18O3. The lowest BCUT2D eigenvalue weighted by Gasteiger charge is -2.07. The summed E-state index contributed by atoms with van der Waals surface area (Å²) < 4.78 is 4.72. The molecule has 0 spiro atoms. The molecule has 0 fully saturated rings. The zero-order chi connectivity index (χ0) is 11.8. The van der Waals surface area contributed by atoms with Crippen LogP contribution in [0.2, 0.25) is 0 Å². The largest absolute Gasteiger partial charge is 0.511 e. The van der Waals surface area contributed by atoms with Gasteiger partial charge in [-0.05, 0) is 24.5 Å². The maximum Gasteiger partial charge on any atom is 0.511 e. The normalized spacial score (nSPS) is 10.1. The maximum absolute atomic E-state index is 10.5. The van der Waals surface area contributed by atoms with Crippen LogP contribution in [0.4, 0.5) is 4.79 Å². The Morgan fingerprint density at radius 1 is 1.25 bits per heavy atom. The lowest BCUT2D eigenvalue weighted by atomic mass is 10.1. The Balaban J connectivity index is 2.53. The van der Waals surface area contributed by atoms with Gasteiger partial charge in [-0.1, -0.05) is 44.4 Å². The average molecular weight is 222 g/mol. The first-order chi connectivity index (χ1) is 7.74. The summed E-state index contributed by atoms with van der Waals surface area (Å²) >= 11 is 0. The minimum atomic E-state index is -1.25. The summed E-state index contributed by atoms with van der Waals surface area (Å²) in [5.74, 6) is 0.464. The summed E-state index contributed by atoms with van der Waals surface area (Å²) in [6, 6.07) is 7.31. The zero-order valence-electron chi connectivity index (χ0n) is 9.61. The predicted octanol–water partition coefficient (Wildman–Crippen LogP) is 3.87. The van der Waals surface area contributed by atoms with E-state index in [0.29, 0.717) is 5.75 Å². The number of hydrogen-bond acceptors (Lipinski definition) is 2. The minimum Gasteiger partial charge on any atom is -0.449 e. The highest BCUT2D eigenvalue weighted by atomic mass is 16.7. The first kappa shape index (κ1) is 12.6. The summed E-state index contributed by atoms with van der Waals surface area (Å²) in [5, 5.41) is 8.58. The highest BCUT2D eigenvalue weighted by Crippen LogP contribution is 2.20. The molecule has 0 heterocycles. The fourth-order valence-corrected chi connectivity index (χ4v) is 1.65. The van der Waals surface area contributed by atoms with E-state index in [0.717, 1.165) is 18.4 Å². The van der Waals surface area contributed by atoms with Crippen LogP contribution in [0, 0.1) is 0 Å². The first-order valence-electron chi connectivity index (χ1n) is 5.72. The Bertz CT molecular complexity index is 334. The number of para-hydroxylation sites is 1. The van der Waals surface area contributed by atoms with Gasteiger partial charge in [-0.2, -0.15) is 0 Å². The number of aryl methyl sites for hydroxylation is 1. The second-order valence-corrected chi connectivity index (χ2v) is 3.79. The third-order valence-electron chi connectivity index (χ3n) is 2.47. The summed E-state index contributed by atoms with van der Waals surface area (Å²) in [7, 11) is 0. The Labute approximate surface area is 96.1 Å². The van der Waals surface area contributed by atoms with E-state index < -0.39 is 6.16 Å². The Morgan fingerprint density at radius 3 is 2.69 bits per heavy atom. The molecule has 0 saturated carbocycles. The fraction of sp³-hybridized carbons (Fsp3) is 0.462.